The van der Waals surface area contributed by atoms with Crippen LogP contribution in [-0.2, 0) is 6.42 Å². The van der Waals surface area contributed by atoms with Gasteiger partial charge in [-0.05, 0) is 47.7 Å². The standard InChI is InChI=1S/C17H15N3/c1-11-10-18-17(19-11)20-14-6-7-16-13(9-14)8-12-4-2-3-5-15(12)16/h2-7,9-10H,8H2,1H3,(H2,18,19,20). The molecule has 3 heteroatoms. The third-order valence-corrected chi connectivity index (χ3v) is 3.76. The van der Waals surface area contributed by atoms with Crippen molar-refractivity contribution in [2.75, 3.05) is 5.32 Å². The van der Waals surface area contributed by atoms with E-state index < -0.39 is 0 Å². The summed E-state index contributed by atoms with van der Waals surface area (Å²) in [6.45, 7) is 2.00. The molecule has 1 aromatic heterocycles. The molecular formula is C17H15N3. The first-order valence-electron chi connectivity index (χ1n) is 6.79. The van der Waals surface area contributed by atoms with Crippen molar-refractivity contribution in [2.24, 2.45) is 0 Å². The van der Waals surface area contributed by atoms with Crippen molar-refractivity contribution < 1.29 is 0 Å². The zero-order valence-corrected chi connectivity index (χ0v) is 11.3. The second-order valence-electron chi connectivity index (χ2n) is 5.25. The number of rotatable bonds is 2. The fourth-order valence-electron chi connectivity index (χ4n) is 2.84. The van der Waals surface area contributed by atoms with Crippen molar-refractivity contribution in [1.82, 2.24) is 9.97 Å². The second-order valence-corrected chi connectivity index (χ2v) is 5.25. The Hall–Kier alpha value is -2.55. The number of hydrogen-bond donors (Lipinski definition) is 2. The third-order valence-electron chi connectivity index (χ3n) is 3.76. The minimum absolute atomic E-state index is 0.790. The van der Waals surface area contributed by atoms with Gasteiger partial charge in [-0.15, -0.1) is 0 Å². The van der Waals surface area contributed by atoms with Gasteiger partial charge in [-0.2, -0.15) is 0 Å². The molecule has 0 fully saturated rings. The maximum absolute atomic E-state index is 4.28. The predicted octanol–water partition coefficient (Wildman–Crippen LogP) is 4.03. The summed E-state index contributed by atoms with van der Waals surface area (Å²) in [4.78, 5) is 7.46. The van der Waals surface area contributed by atoms with Gasteiger partial charge in [0, 0.05) is 17.6 Å². The molecule has 0 atom stereocenters. The van der Waals surface area contributed by atoms with E-state index in [1.165, 1.54) is 22.3 Å². The molecule has 0 radical (unpaired) electrons. The first kappa shape index (κ1) is 11.3. The fourth-order valence-corrected chi connectivity index (χ4v) is 2.84. The van der Waals surface area contributed by atoms with Gasteiger partial charge in [0.1, 0.15) is 0 Å². The van der Waals surface area contributed by atoms with E-state index in [2.05, 4.69) is 57.7 Å². The molecule has 4 rings (SSSR count). The second kappa shape index (κ2) is 4.23. The molecule has 0 bridgehead atoms. The van der Waals surface area contributed by atoms with Crippen molar-refractivity contribution in [2.45, 2.75) is 13.3 Å². The highest BCUT2D eigenvalue weighted by Gasteiger charge is 2.17. The Morgan fingerprint density at radius 3 is 2.75 bits per heavy atom. The highest BCUT2D eigenvalue weighted by molar-refractivity contribution is 5.79. The smallest absolute Gasteiger partial charge is 0.204 e. The van der Waals surface area contributed by atoms with Crippen LogP contribution in [0, 0.1) is 6.92 Å². The predicted molar refractivity (Wildman–Crippen MR) is 81.3 cm³/mol. The molecule has 2 N–H and O–H groups in total. The number of nitrogens with one attached hydrogen (secondary N) is 2. The average molecular weight is 261 g/mol. The Morgan fingerprint density at radius 2 is 1.90 bits per heavy atom. The molecule has 3 nitrogen and oxygen atoms in total. The van der Waals surface area contributed by atoms with Crippen LogP contribution < -0.4 is 5.32 Å². The normalized spacial score (nSPS) is 12.1. The first-order valence-corrected chi connectivity index (χ1v) is 6.79. The number of fused-ring (bicyclic) bond motifs is 3. The quantitative estimate of drug-likeness (QED) is 0.572. The van der Waals surface area contributed by atoms with Gasteiger partial charge >= 0.3 is 0 Å². The molecule has 0 saturated carbocycles. The van der Waals surface area contributed by atoms with E-state index in [4.69, 9.17) is 0 Å². The number of nitrogens with zero attached hydrogens (tertiary/aromatic N) is 1. The van der Waals surface area contributed by atoms with Crippen LogP contribution in [0.3, 0.4) is 0 Å². The highest BCUT2D eigenvalue weighted by atomic mass is 15.1. The Bertz CT molecular complexity index is 786. The van der Waals surface area contributed by atoms with Gasteiger partial charge in [0.2, 0.25) is 5.95 Å². The number of aromatic nitrogens is 2. The summed E-state index contributed by atoms with van der Waals surface area (Å²) in [6.07, 6.45) is 2.84. The zero-order chi connectivity index (χ0) is 13.5. The number of aromatic amines is 1. The summed E-state index contributed by atoms with van der Waals surface area (Å²) in [7, 11) is 0. The summed E-state index contributed by atoms with van der Waals surface area (Å²) < 4.78 is 0. The number of imidazole rings is 1. The van der Waals surface area contributed by atoms with Gasteiger partial charge in [0.15, 0.2) is 0 Å². The van der Waals surface area contributed by atoms with Crippen molar-refractivity contribution in [3.63, 3.8) is 0 Å². The Labute approximate surface area is 117 Å². The Morgan fingerprint density at radius 1 is 1.05 bits per heavy atom. The van der Waals surface area contributed by atoms with Gasteiger partial charge in [-0.25, -0.2) is 4.98 Å². The molecule has 1 aliphatic rings. The van der Waals surface area contributed by atoms with Crippen LogP contribution in [-0.4, -0.2) is 9.97 Å². The monoisotopic (exact) mass is 261 g/mol. The molecule has 0 amide bonds. The van der Waals surface area contributed by atoms with Gasteiger partial charge < -0.3 is 10.3 Å². The van der Waals surface area contributed by atoms with E-state index in [-0.39, 0.29) is 0 Å². The largest absolute Gasteiger partial charge is 0.328 e. The number of hydrogen-bond acceptors (Lipinski definition) is 2. The van der Waals surface area contributed by atoms with Crippen molar-refractivity contribution in [3.8, 4) is 11.1 Å². The number of aryl methyl sites for hydroxylation is 1. The SMILES string of the molecule is Cc1cnc(Nc2ccc3c(c2)Cc2ccccc2-3)[nH]1. The lowest BCUT2D eigenvalue weighted by Crippen LogP contribution is -1.93. The average Bonchev–Trinajstić information content (AvgIpc) is 3.01. The zero-order valence-electron chi connectivity index (χ0n) is 11.3. The van der Waals surface area contributed by atoms with Gasteiger partial charge in [-0.3, -0.25) is 0 Å². The van der Waals surface area contributed by atoms with Crippen LogP contribution in [0.25, 0.3) is 11.1 Å². The summed E-state index contributed by atoms with van der Waals surface area (Å²) in [5, 5.41) is 3.31. The maximum Gasteiger partial charge on any atom is 0.204 e. The number of H-pyrrole nitrogens is 1. The van der Waals surface area contributed by atoms with E-state index in [1.807, 2.05) is 13.1 Å². The number of benzene rings is 2. The van der Waals surface area contributed by atoms with Crippen LogP contribution in [0.2, 0.25) is 0 Å². The van der Waals surface area contributed by atoms with E-state index in [1.54, 1.807) is 0 Å². The van der Waals surface area contributed by atoms with Gasteiger partial charge in [0.25, 0.3) is 0 Å². The van der Waals surface area contributed by atoms with Crippen LogP contribution in [0.4, 0.5) is 11.6 Å². The highest BCUT2D eigenvalue weighted by Crippen LogP contribution is 2.37. The summed E-state index contributed by atoms with van der Waals surface area (Å²) in [5.41, 5.74) is 7.63. The summed E-state index contributed by atoms with van der Waals surface area (Å²) >= 11 is 0. The first-order chi connectivity index (χ1) is 9.79. The van der Waals surface area contributed by atoms with Crippen molar-refractivity contribution in [1.29, 1.82) is 0 Å². The minimum Gasteiger partial charge on any atom is -0.328 e. The molecule has 98 valence electrons. The van der Waals surface area contributed by atoms with Crippen LogP contribution in [0.1, 0.15) is 16.8 Å². The molecule has 0 spiro atoms. The van der Waals surface area contributed by atoms with E-state index in [9.17, 15) is 0 Å². The fraction of sp³-hybridized carbons (Fsp3) is 0.118. The molecule has 1 aliphatic carbocycles. The Kier molecular flexibility index (Phi) is 2.39. The Balaban J connectivity index is 1.68. The molecule has 0 aliphatic heterocycles. The van der Waals surface area contributed by atoms with Crippen molar-refractivity contribution >= 4 is 11.6 Å². The topological polar surface area (TPSA) is 40.7 Å². The summed E-state index contributed by atoms with van der Waals surface area (Å²) in [6, 6.07) is 15.1. The number of anilines is 2. The maximum atomic E-state index is 4.28. The molecular weight excluding hydrogens is 246 g/mol. The van der Waals surface area contributed by atoms with E-state index >= 15 is 0 Å². The van der Waals surface area contributed by atoms with Crippen LogP contribution in [0.15, 0.2) is 48.7 Å². The molecule has 2 aromatic carbocycles. The molecule has 1 heterocycles. The third kappa shape index (κ3) is 1.79. The van der Waals surface area contributed by atoms with E-state index in [0.29, 0.717) is 0 Å². The van der Waals surface area contributed by atoms with E-state index in [0.717, 1.165) is 23.8 Å². The lowest BCUT2D eigenvalue weighted by atomic mass is 10.1. The van der Waals surface area contributed by atoms with Gasteiger partial charge in [-0.1, -0.05) is 30.3 Å². The molecule has 0 unspecified atom stereocenters. The summed E-state index contributed by atoms with van der Waals surface area (Å²) in [5.74, 6) is 0.790. The van der Waals surface area contributed by atoms with Crippen molar-refractivity contribution in [3.05, 3.63) is 65.5 Å². The van der Waals surface area contributed by atoms with Gasteiger partial charge in [0.05, 0.1) is 0 Å². The van der Waals surface area contributed by atoms with Crippen LogP contribution in [0.5, 0.6) is 0 Å². The van der Waals surface area contributed by atoms with Crippen LogP contribution >= 0.6 is 0 Å². The lowest BCUT2D eigenvalue weighted by molar-refractivity contribution is 1.23. The minimum atomic E-state index is 0.790. The molecule has 20 heavy (non-hydrogen) atoms. The lowest BCUT2D eigenvalue weighted by Gasteiger charge is -2.06. The molecule has 3 aromatic rings. The molecule has 0 saturated heterocycles.